The number of rotatable bonds is 3. The summed E-state index contributed by atoms with van der Waals surface area (Å²) in [6, 6.07) is 8.64. The largest absolute Gasteiger partial charge is 0.361 e. The van der Waals surface area contributed by atoms with Crippen molar-refractivity contribution < 1.29 is 0 Å². The lowest BCUT2D eigenvalue weighted by molar-refractivity contribution is 0.466. The summed E-state index contributed by atoms with van der Waals surface area (Å²) in [5.41, 5.74) is 3.67. The molecule has 0 aliphatic carbocycles. The molecule has 0 spiro atoms. The van der Waals surface area contributed by atoms with Gasteiger partial charge < -0.3 is 9.88 Å². The highest BCUT2D eigenvalue weighted by Crippen LogP contribution is 2.45. The number of fused-ring (bicyclic) bond motifs is 1. The molecule has 98 valence electrons. The van der Waals surface area contributed by atoms with Gasteiger partial charge in [0.1, 0.15) is 0 Å². The molecule has 2 heterocycles. The molecule has 1 atom stereocenters. The van der Waals surface area contributed by atoms with Crippen molar-refractivity contribution in [3.63, 3.8) is 0 Å². The number of anilines is 1. The van der Waals surface area contributed by atoms with Crippen LogP contribution in [0.3, 0.4) is 0 Å². The molecule has 19 heavy (non-hydrogen) atoms. The SMILES string of the molecule is C=CC1(CC)CCN(c2ccc3[nH]ccc3c2)C1=C. The van der Waals surface area contributed by atoms with E-state index in [9.17, 15) is 0 Å². The second-order valence-corrected chi connectivity index (χ2v) is 5.31. The molecule has 1 N–H and O–H groups in total. The fourth-order valence-electron chi connectivity index (χ4n) is 3.10. The Morgan fingerprint density at radius 3 is 2.95 bits per heavy atom. The van der Waals surface area contributed by atoms with Crippen LogP contribution in [0, 0.1) is 5.41 Å². The zero-order chi connectivity index (χ0) is 13.5. The van der Waals surface area contributed by atoms with Crippen LogP contribution < -0.4 is 4.90 Å². The van der Waals surface area contributed by atoms with Gasteiger partial charge in [0, 0.05) is 40.4 Å². The number of allylic oxidation sites excluding steroid dienone is 1. The maximum atomic E-state index is 4.32. The second-order valence-electron chi connectivity index (χ2n) is 5.31. The number of aromatic nitrogens is 1. The molecule has 0 radical (unpaired) electrons. The zero-order valence-corrected chi connectivity index (χ0v) is 11.4. The van der Waals surface area contributed by atoms with E-state index >= 15 is 0 Å². The number of nitrogens with zero attached hydrogens (tertiary/aromatic N) is 1. The van der Waals surface area contributed by atoms with Crippen LogP contribution in [0.25, 0.3) is 10.9 Å². The molecule has 0 saturated carbocycles. The van der Waals surface area contributed by atoms with Gasteiger partial charge in [0.15, 0.2) is 0 Å². The summed E-state index contributed by atoms with van der Waals surface area (Å²) in [5.74, 6) is 0. The molecular formula is C17H20N2. The minimum Gasteiger partial charge on any atom is -0.361 e. The predicted molar refractivity (Wildman–Crippen MR) is 82.3 cm³/mol. The van der Waals surface area contributed by atoms with E-state index in [-0.39, 0.29) is 5.41 Å². The highest BCUT2D eigenvalue weighted by atomic mass is 15.2. The van der Waals surface area contributed by atoms with E-state index in [1.54, 1.807) is 0 Å². The molecule has 2 nitrogen and oxygen atoms in total. The van der Waals surface area contributed by atoms with Gasteiger partial charge in [-0.1, -0.05) is 19.6 Å². The molecule has 2 aromatic rings. The maximum Gasteiger partial charge on any atom is 0.0455 e. The Bertz CT molecular complexity index is 638. The molecule has 3 rings (SSSR count). The van der Waals surface area contributed by atoms with Crippen molar-refractivity contribution in [1.29, 1.82) is 0 Å². The Labute approximate surface area is 114 Å². The third kappa shape index (κ3) is 1.71. The van der Waals surface area contributed by atoms with E-state index in [1.807, 2.05) is 6.20 Å². The van der Waals surface area contributed by atoms with Crippen molar-refractivity contribution in [3.05, 3.63) is 55.4 Å². The number of hydrogen-bond donors (Lipinski definition) is 1. The molecule has 2 heteroatoms. The highest BCUT2D eigenvalue weighted by Gasteiger charge is 2.38. The van der Waals surface area contributed by atoms with Crippen molar-refractivity contribution in [2.75, 3.05) is 11.4 Å². The van der Waals surface area contributed by atoms with Crippen molar-refractivity contribution in [2.45, 2.75) is 19.8 Å². The Kier molecular flexibility index (Phi) is 2.74. The first-order valence-corrected chi connectivity index (χ1v) is 6.88. The van der Waals surface area contributed by atoms with Gasteiger partial charge in [-0.15, -0.1) is 6.58 Å². The van der Waals surface area contributed by atoms with Crippen LogP contribution in [0.15, 0.2) is 55.4 Å². The average molecular weight is 252 g/mol. The normalized spacial score (nSPS) is 23.2. The number of aromatic amines is 1. The van der Waals surface area contributed by atoms with Crippen molar-refractivity contribution in [3.8, 4) is 0 Å². The minimum absolute atomic E-state index is 0.0765. The van der Waals surface area contributed by atoms with Gasteiger partial charge in [-0.05, 0) is 37.1 Å². The molecule has 1 aliphatic heterocycles. The van der Waals surface area contributed by atoms with Gasteiger partial charge in [0.25, 0.3) is 0 Å². The molecule has 0 amide bonds. The summed E-state index contributed by atoms with van der Waals surface area (Å²) in [6.07, 6.45) is 6.23. The lowest BCUT2D eigenvalue weighted by Gasteiger charge is -2.28. The summed E-state index contributed by atoms with van der Waals surface area (Å²) in [5, 5.41) is 1.25. The monoisotopic (exact) mass is 252 g/mol. The Hall–Kier alpha value is -1.96. The first-order chi connectivity index (χ1) is 9.20. The van der Waals surface area contributed by atoms with E-state index in [1.165, 1.54) is 22.3 Å². The topological polar surface area (TPSA) is 19.0 Å². The van der Waals surface area contributed by atoms with Gasteiger partial charge in [-0.2, -0.15) is 0 Å². The standard InChI is InChI=1S/C17H20N2/c1-4-17(5-2)9-11-19(13(17)3)15-6-7-16-14(12-15)8-10-18-16/h4,6-8,10,12,18H,1,3,5,9,11H2,2H3. The number of H-pyrrole nitrogens is 1. The van der Waals surface area contributed by atoms with E-state index in [0.717, 1.165) is 19.4 Å². The molecule has 1 fully saturated rings. The molecule has 1 unspecified atom stereocenters. The summed E-state index contributed by atoms with van der Waals surface area (Å²) in [7, 11) is 0. The van der Waals surface area contributed by atoms with Crippen LogP contribution in [0.5, 0.6) is 0 Å². The van der Waals surface area contributed by atoms with Crippen molar-refractivity contribution in [2.24, 2.45) is 5.41 Å². The Morgan fingerprint density at radius 1 is 1.42 bits per heavy atom. The first kappa shape index (κ1) is 12.1. The van der Waals surface area contributed by atoms with E-state index < -0.39 is 0 Å². The fourth-order valence-corrected chi connectivity index (χ4v) is 3.10. The van der Waals surface area contributed by atoms with Crippen LogP contribution in [0.2, 0.25) is 0 Å². The van der Waals surface area contributed by atoms with Gasteiger partial charge >= 0.3 is 0 Å². The third-order valence-corrected chi connectivity index (χ3v) is 4.55. The first-order valence-electron chi connectivity index (χ1n) is 6.88. The van der Waals surface area contributed by atoms with Gasteiger partial charge in [-0.25, -0.2) is 0 Å². The van der Waals surface area contributed by atoms with Crippen molar-refractivity contribution >= 4 is 16.6 Å². The predicted octanol–water partition coefficient (Wildman–Crippen LogP) is 4.47. The third-order valence-electron chi connectivity index (χ3n) is 4.55. The molecule has 1 aromatic heterocycles. The van der Waals surface area contributed by atoms with Gasteiger partial charge in [0.05, 0.1) is 0 Å². The lowest BCUT2D eigenvalue weighted by atomic mass is 9.82. The zero-order valence-electron chi connectivity index (χ0n) is 11.4. The molecule has 0 bridgehead atoms. The van der Waals surface area contributed by atoms with Crippen LogP contribution in [-0.4, -0.2) is 11.5 Å². The summed E-state index contributed by atoms with van der Waals surface area (Å²) in [4.78, 5) is 5.56. The van der Waals surface area contributed by atoms with E-state index in [0.29, 0.717) is 0 Å². The quantitative estimate of drug-likeness (QED) is 0.798. The Balaban J connectivity index is 1.99. The Morgan fingerprint density at radius 2 is 2.26 bits per heavy atom. The fraction of sp³-hybridized carbons (Fsp3) is 0.294. The minimum atomic E-state index is 0.0765. The van der Waals surface area contributed by atoms with Crippen LogP contribution in [-0.2, 0) is 0 Å². The lowest BCUT2D eigenvalue weighted by Crippen LogP contribution is -2.21. The molecule has 1 saturated heterocycles. The molecular weight excluding hydrogens is 232 g/mol. The number of benzene rings is 1. The smallest absolute Gasteiger partial charge is 0.0455 e. The van der Waals surface area contributed by atoms with Crippen LogP contribution in [0.1, 0.15) is 19.8 Å². The summed E-state index contributed by atoms with van der Waals surface area (Å²) >= 11 is 0. The second kappa shape index (κ2) is 4.30. The average Bonchev–Trinajstić information content (AvgIpc) is 3.02. The van der Waals surface area contributed by atoms with Crippen LogP contribution in [0.4, 0.5) is 5.69 Å². The van der Waals surface area contributed by atoms with Gasteiger partial charge in [0.2, 0.25) is 0 Å². The summed E-state index contributed by atoms with van der Waals surface area (Å²) < 4.78 is 0. The highest BCUT2D eigenvalue weighted by molar-refractivity contribution is 5.83. The molecule has 1 aromatic carbocycles. The molecule has 1 aliphatic rings. The number of nitrogens with one attached hydrogen (secondary N) is 1. The maximum absolute atomic E-state index is 4.32. The van der Waals surface area contributed by atoms with E-state index in [4.69, 9.17) is 0 Å². The summed E-state index contributed by atoms with van der Waals surface area (Å²) in [6.45, 7) is 11.6. The van der Waals surface area contributed by atoms with Gasteiger partial charge in [-0.3, -0.25) is 0 Å². The van der Waals surface area contributed by atoms with E-state index in [2.05, 4.69) is 60.3 Å². The number of hydrogen-bond acceptors (Lipinski definition) is 1. The van der Waals surface area contributed by atoms with Crippen LogP contribution >= 0.6 is 0 Å². The van der Waals surface area contributed by atoms with Crippen molar-refractivity contribution in [1.82, 2.24) is 4.98 Å².